The largest absolute Gasteiger partial charge is 0.312 e. The van der Waals surface area contributed by atoms with Crippen LogP contribution in [0.5, 0.6) is 0 Å². The molecule has 0 bridgehead atoms. The smallest absolute Gasteiger partial charge is 0.0641 e. The first-order chi connectivity index (χ1) is 8.99. The molecule has 4 heteroatoms. The van der Waals surface area contributed by atoms with Crippen LogP contribution >= 0.6 is 0 Å². The lowest BCUT2D eigenvalue weighted by atomic mass is 10.1. The van der Waals surface area contributed by atoms with Crippen molar-refractivity contribution in [2.45, 2.75) is 46.7 Å². The van der Waals surface area contributed by atoms with Gasteiger partial charge in [-0.2, -0.15) is 5.10 Å². The minimum atomic E-state index is 0.688. The van der Waals surface area contributed by atoms with Crippen LogP contribution in [0, 0.1) is 19.8 Å². The van der Waals surface area contributed by atoms with Crippen LogP contribution in [0.1, 0.15) is 37.2 Å². The van der Waals surface area contributed by atoms with Crippen LogP contribution in [-0.2, 0) is 13.6 Å². The van der Waals surface area contributed by atoms with Crippen molar-refractivity contribution in [1.82, 2.24) is 20.0 Å². The molecular weight excluding hydrogens is 236 g/mol. The molecule has 1 aromatic rings. The van der Waals surface area contributed by atoms with E-state index in [1.54, 1.807) is 0 Å². The molecule has 1 aromatic heterocycles. The first kappa shape index (κ1) is 14.5. The molecule has 4 nitrogen and oxygen atoms in total. The van der Waals surface area contributed by atoms with E-state index in [1.165, 1.54) is 30.8 Å². The van der Waals surface area contributed by atoms with Gasteiger partial charge >= 0.3 is 0 Å². The van der Waals surface area contributed by atoms with Crippen molar-refractivity contribution in [2.75, 3.05) is 19.6 Å². The average molecular weight is 264 g/mol. The quantitative estimate of drug-likeness (QED) is 0.881. The van der Waals surface area contributed by atoms with E-state index in [4.69, 9.17) is 0 Å². The zero-order valence-electron chi connectivity index (χ0n) is 13.0. The average Bonchev–Trinajstić information content (AvgIpc) is 2.90. The number of hydrogen-bond acceptors (Lipinski definition) is 3. The van der Waals surface area contributed by atoms with Gasteiger partial charge in [-0.3, -0.25) is 4.68 Å². The molecule has 2 rings (SSSR count). The van der Waals surface area contributed by atoms with Gasteiger partial charge in [0.2, 0.25) is 0 Å². The molecule has 0 saturated carbocycles. The molecule has 1 fully saturated rings. The van der Waals surface area contributed by atoms with E-state index in [2.05, 4.69) is 43.0 Å². The van der Waals surface area contributed by atoms with E-state index in [0.29, 0.717) is 6.04 Å². The second-order valence-corrected chi connectivity index (χ2v) is 6.15. The molecule has 108 valence electrons. The van der Waals surface area contributed by atoms with Crippen LogP contribution in [0.3, 0.4) is 0 Å². The van der Waals surface area contributed by atoms with Crippen molar-refractivity contribution in [3.05, 3.63) is 17.0 Å². The molecule has 1 saturated heterocycles. The highest BCUT2D eigenvalue weighted by Crippen LogP contribution is 2.18. The number of nitrogens with one attached hydrogen (secondary N) is 1. The lowest BCUT2D eigenvalue weighted by molar-refractivity contribution is 0.264. The summed E-state index contributed by atoms with van der Waals surface area (Å²) in [6.45, 7) is 13.4. The lowest BCUT2D eigenvalue weighted by Gasteiger charge is -2.20. The number of nitrogens with zero attached hydrogens (tertiary/aromatic N) is 3. The van der Waals surface area contributed by atoms with Gasteiger partial charge in [0.15, 0.2) is 0 Å². The summed E-state index contributed by atoms with van der Waals surface area (Å²) in [7, 11) is 2.02. The molecule has 1 aliphatic rings. The normalized spacial score (nSPS) is 20.6. The number of aromatic nitrogens is 2. The Labute approximate surface area is 117 Å². The maximum absolute atomic E-state index is 4.46. The third-order valence-corrected chi connectivity index (χ3v) is 4.44. The van der Waals surface area contributed by atoms with Gasteiger partial charge in [0.25, 0.3) is 0 Å². The van der Waals surface area contributed by atoms with E-state index < -0.39 is 0 Å². The fraction of sp³-hybridized carbons (Fsp3) is 0.800. The molecule has 2 heterocycles. The first-order valence-electron chi connectivity index (χ1n) is 7.43. The second kappa shape index (κ2) is 6.06. The fourth-order valence-corrected chi connectivity index (χ4v) is 2.97. The molecule has 0 amide bonds. The minimum Gasteiger partial charge on any atom is -0.312 e. The summed E-state index contributed by atoms with van der Waals surface area (Å²) in [5.74, 6) is 0.805. The fourth-order valence-electron chi connectivity index (χ4n) is 2.97. The van der Waals surface area contributed by atoms with Crippen molar-refractivity contribution in [1.29, 1.82) is 0 Å². The van der Waals surface area contributed by atoms with E-state index >= 15 is 0 Å². The van der Waals surface area contributed by atoms with E-state index in [0.717, 1.165) is 24.7 Å². The monoisotopic (exact) mass is 264 g/mol. The van der Waals surface area contributed by atoms with Crippen LogP contribution in [0.15, 0.2) is 0 Å². The third kappa shape index (κ3) is 3.37. The van der Waals surface area contributed by atoms with Crippen LogP contribution in [0.25, 0.3) is 0 Å². The molecule has 0 aliphatic carbocycles. The van der Waals surface area contributed by atoms with Crippen LogP contribution in [-0.4, -0.2) is 40.4 Å². The summed E-state index contributed by atoms with van der Waals surface area (Å²) < 4.78 is 1.97. The molecule has 1 aliphatic heterocycles. The number of aryl methyl sites for hydroxylation is 2. The number of likely N-dealkylation sites (tertiary alicyclic amines) is 1. The van der Waals surface area contributed by atoms with Gasteiger partial charge in [-0.1, -0.05) is 0 Å². The van der Waals surface area contributed by atoms with Gasteiger partial charge in [0.05, 0.1) is 5.69 Å². The Bertz CT molecular complexity index is 422. The Morgan fingerprint density at radius 2 is 2.11 bits per heavy atom. The Hall–Kier alpha value is -0.870. The maximum Gasteiger partial charge on any atom is 0.0641 e. The minimum absolute atomic E-state index is 0.688. The van der Waals surface area contributed by atoms with Crippen LogP contribution < -0.4 is 5.32 Å². The Balaban J connectivity index is 1.78. The van der Waals surface area contributed by atoms with Crippen molar-refractivity contribution < 1.29 is 0 Å². The molecule has 1 N–H and O–H groups in total. The van der Waals surface area contributed by atoms with Crippen LogP contribution in [0.4, 0.5) is 0 Å². The Morgan fingerprint density at radius 1 is 1.37 bits per heavy atom. The van der Waals surface area contributed by atoms with Crippen LogP contribution in [0.2, 0.25) is 0 Å². The van der Waals surface area contributed by atoms with Gasteiger partial charge < -0.3 is 10.2 Å². The van der Waals surface area contributed by atoms with Gasteiger partial charge in [0, 0.05) is 37.4 Å². The van der Waals surface area contributed by atoms with E-state index in [9.17, 15) is 0 Å². The van der Waals surface area contributed by atoms with Gasteiger partial charge in [0.1, 0.15) is 0 Å². The third-order valence-electron chi connectivity index (χ3n) is 4.44. The number of rotatable bonds is 5. The molecular formula is C15H28N4. The summed E-state index contributed by atoms with van der Waals surface area (Å²) in [5.41, 5.74) is 3.80. The molecule has 0 spiro atoms. The van der Waals surface area contributed by atoms with Crippen molar-refractivity contribution in [2.24, 2.45) is 13.0 Å². The highest BCUT2D eigenvalue weighted by molar-refractivity contribution is 5.23. The highest BCUT2D eigenvalue weighted by Gasteiger charge is 2.23. The summed E-state index contributed by atoms with van der Waals surface area (Å²) in [5, 5.41) is 8.08. The zero-order valence-corrected chi connectivity index (χ0v) is 13.0. The van der Waals surface area contributed by atoms with Crippen molar-refractivity contribution >= 4 is 0 Å². The predicted molar refractivity (Wildman–Crippen MR) is 79.2 cm³/mol. The molecule has 1 atom stereocenters. The summed E-state index contributed by atoms with van der Waals surface area (Å²) >= 11 is 0. The predicted octanol–water partition coefficient (Wildman–Crippen LogP) is 1.86. The topological polar surface area (TPSA) is 33.1 Å². The van der Waals surface area contributed by atoms with Crippen molar-refractivity contribution in [3.8, 4) is 0 Å². The van der Waals surface area contributed by atoms with Gasteiger partial charge in [-0.15, -0.1) is 0 Å². The van der Waals surface area contributed by atoms with Gasteiger partial charge in [-0.05, 0) is 53.1 Å². The highest BCUT2D eigenvalue weighted by atomic mass is 15.3. The lowest BCUT2D eigenvalue weighted by Crippen LogP contribution is -2.30. The standard InChI is InChI=1S/C15H28N4/c1-11(2)19-7-6-14(10-19)8-16-9-15-12(3)17-18(5)13(15)4/h11,14,16H,6-10H2,1-5H3. The van der Waals surface area contributed by atoms with Crippen molar-refractivity contribution in [3.63, 3.8) is 0 Å². The molecule has 0 radical (unpaired) electrons. The molecule has 19 heavy (non-hydrogen) atoms. The zero-order chi connectivity index (χ0) is 14.0. The summed E-state index contributed by atoms with van der Waals surface area (Å²) in [6, 6.07) is 0.688. The Kier molecular flexibility index (Phi) is 4.63. The molecule has 1 unspecified atom stereocenters. The van der Waals surface area contributed by atoms with E-state index in [-0.39, 0.29) is 0 Å². The van der Waals surface area contributed by atoms with Gasteiger partial charge in [-0.25, -0.2) is 0 Å². The van der Waals surface area contributed by atoms with E-state index in [1.807, 2.05) is 11.7 Å². The molecule has 0 aromatic carbocycles. The Morgan fingerprint density at radius 3 is 2.63 bits per heavy atom. The first-order valence-corrected chi connectivity index (χ1v) is 7.43. The SMILES string of the molecule is Cc1nn(C)c(C)c1CNCC1CCN(C(C)C)C1. The summed E-state index contributed by atoms with van der Waals surface area (Å²) in [4.78, 5) is 2.58. The summed E-state index contributed by atoms with van der Waals surface area (Å²) in [6.07, 6.45) is 1.33. The second-order valence-electron chi connectivity index (χ2n) is 6.15. The number of hydrogen-bond donors (Lipinski definition) is 1. The maximum atomic E-state index is 4.46.